The molecule has 0 saturated heterocycles. The zero-order valence-electron chi connectivity index (χ0n) is 11.9. The second-order valence-corrected chi connectivity index (χ2v) is 5.37. The van der Waals surface area contributed by atoms with Gasteiger partial charge < -0.3 is 4.74 Å². The maximum Gasteiger partial charge on any atom is 0.171 e. The van der Waals surface area contributed by atoms with Gasteiger partial charge in [0.15, 0.2) is 5.78 Å². The third kappa shape index (κ3) is 2.61. The molecule has 1 heterocycles. The van der Waals surface area contributed by atoms with Gasteiger partial charge in [-0.25, -0.2) is 4.39 Å². The summed E-state index contributed by atoms with van der Waals surface area (Å²) in [5.41, 5.74) is 2.39. The Kier molecular flexibility index (Phi) is 3.84. The van der Waals surface area contributed by atoms with Crippen molar-refractivity contribution in [3.63, 3.8) is 0 Å². The van der Waals surface area contributed by atoms with Gasteiger partial charge in [-0.1, -0.05) is 43.3 Å². The van der Waals surface area contributed by atoms with Crippen LogP contribution in [-0.2, 0) is 11.2 Å². The topological polar surface area (TPSA) is 26.3 Å². The first-order valence-corrected chi connectivity index (χ1v) is 7.16. The summed E-state index contributed by atoms with van der Waals surface area (Å²) in [5, 5.41) is 0. The Bertz CT molecular complexity index is 666. The number of hydrogen-bond donors (Lipinski definition) is 0. The molecule has 0 radical (unpaired) electrons. The number of halogens is 1. The highest BCUT2D eigenvalue weighted by Crippen LogP contribution is 2.34. The van der Waals surface area contributed by atoms with Gasteiger partial charge in [0.05, 0.1) is 24.2 Å². The van der Waals surface area contributed by atoms with Gasteiger partial charge >= 0.3 is 0 Å². The lowest BCUT2D eigenvalue weighted by Gasteiger charge is -2.30. The number of carbonyl (C=O) groups excluding carboxylic acids is 1. The summed E-state index contributed by atoms with van der Waals surface area (Å²) in [7, 11) is 0. The fourth-order valence-corrected chi connectivity index (χ4v) is 2.88. The normalized spacial score (nSPS) is 18.9. The average molecular weight is 284 g/mol. The molecule has 1 aliphatic heterocycles. The number of hydrogen-bond acceptors (Lipinski definition) is 2. The van der Waals surface area contributed by atoms with Gasteiger partial charge in [-0.3, -0.25) is 4.79 Å². The minimum atomic E-state index is -0.474. The summed E-state index contributed by atoms with van der Waals surface area (Å²) >= 11 is 0. The number of rotatable bonds is 3. The molecule has 2 unspecified atom stereocenters. The summed E-state index contributed by atoms with van der Waals surface area (Å²) in [4.78, 5) is 12.6. The molecule has 2 nitrogen and oxygen atoms in total. The molecule has 0 N–H and O–H groups in total. The van der Waals surface area contributed by atoms with Crippen molar-refractivity contribution in [1.82, 2.24) is 0 Å². The van der Waals surface area contributed by atoms with Crippen molar-refractivity contribution in [2.24, 2.45) is 5.92 Å². The summed E-state index contributed by atoms with van der Waals surface area (Å²) in [6.45, 7) is 2.40. The van der Waals surface area contributed by atoms with Gasteiger partial charge in [-0.15, -0.1) is 0 Å². The smallest absolute Gasteiger partial charge is 0.171 e. The molecule has 2 aromatic carbocycles. The number of carbonyl (C=O) groups is 1. The standard InChI is InChI=1S/C18H17FO2/c1-12(17(20)15-8-4-5-9-16(15)19)18-14-7-3-2-6-13(14)10-11-21-18/h2-9,12,18H,10-11H2,1H3. The molecule has 3 rings (SSSR count). The largest absolute Gasteiger partial charge is 0.372 e. The van der Waals surface area contributed by atoms with Crippen LogP contribution in [-0.4, -0.2) is 12.4 Å². The molecule has 0 saturated carbocycles. The third-order valence-electron chi connectivity index (χ3n) is 4.04. The average Bonchev–Trinajstić information content (AvgIpc) is 2.53. The first kappa shape index (κ1) is 14.0. The fourth-order valence-electron chi connectivity index (χ4n) is 2.88. The summed E-state index contributed by atoms with van der Waals surface area (Å²) in [6, 6.07) is 14.1. The lowest BCUT2D eigenvalue weighted by molar-refractivity contribution is 0.00914. The van der Waals surface area contributed by atoms with Crippen molar-refractivity contribution in [1.29, 1.82) is 0 Å². The van der Waals surface area contributed by atoms with E-state index in [1.165, 1.54) is 17.7 Å². The van der Waals surface area contributed by atoms with Gasteiger partial charge in [0, 0.05) is 0 Å². The Balaban J connectivity index is 1.91. The quantitative estimate of drug-likeness (QED) is 0.797. The molecule has 2 aromatic rings. The molecule has 0 aromatic heterocycles. The molecule has 108 valence electrons. The van der Waals surface area contributed by atoms with E-state index in [9.17, 15) is 9.18 Å². The van der Waals surface area contributed by atoms with Crippen molar-refractivity contribution in [2.45, 2.75) is 19.4 Å². The van der Waals surface area contributed by atoms with Gasteiger partial charge in [0.1, 0.15) is 5.82 Å². The van der Waals surface area contributed by atoms with Crippen molar-refractivity contribution in [3.05, 3.63) is 71.0 Å². The van der Waals surface area contributed by atoms with E-state index in [4.69, 9.17) is 4.74 Å². The Morgan fingerprint density at radius 2 is 1.90 bits per heavy atom. The van der Waals surface area contributed by atoms with Crippen LogP contribution in [0.4, 0.5) is 4.39 Å². The van der Waals surface area contributed by atoms with Crippen LogP contribution >= 0.6 is 0 Å². The second-order valence-electron chi connectivity index (χ2n) is 5.37. The predicted octanol–water partition coefficient (Wildman–Crippen LogP) is 3.96. The highest BCUT2D eigenvalue weighted by atomic mass is 19.1. The van der Waals surface area contributed by atoms with E-state index in [2.05, 4.69) is 6.07 Å². The number of ether oxygens (including phenoxy) is 1. The maximum atomic E-state index is 13.8. The highest BCUT2D eigenvalue weighted by molar-refractivity contribution is 5.98. The molecular formula is C18H17FO2. The van der Waals surface area contributed by atoms with Gasteiger partial charge in [0.2, 0.25) is 0 Å². The summed E-state index contributed by atoms with van der Waals surface area (Å²) < 4.78 is 19.6. The lowest BCUT2D eigenvalue weighted by atomic mass is 9.86. The van der Waals surface area contributed by atoms with Gasteiger partial charge in [-0.2, -0.15) is 0 Å². The Morgan fingerprint density at radius 3 is 2.71 bits per heavy atom. The number of ketones is 1. The van der Waals surface area contributed by atoms with E-state index < -0.39 is 11.7 Å². The van der Waals surface area contributed by atoms with Gasteiger partial charge in [-0.05, 0) is 29.7 Å². The minimum absolute atomic E-state index is 0.136. The van der Waals surface area contributed by atoms with Crippen LogP contribution in [0.15, 0.2) is 48.5 Å². The van der Waals surface area contributed by atoms with Gasteiger partial charge in [0.25, 0.3) is 0 Å². The molecule has 0 bridgehead atoms. The molecular weight excluding hydrogens is 267 g/mol. The third-order valence-corrected chi connectivity index (χ3v) is 4.04. The first-order chi connectivity index (χ1) is 10.2. The molecule has 0 spiro atoms. The predicted molar refractivity (Wildman–Crippen MR) is 78.7 cm³/mol. The van der Waals surface area contributed by atoms with Crippen LogP contribution in [0.25, 0.3) is 0 Å². The van der Waals surface area contributed by atoms with Crippen LogP contribution < -0.4 is 0 Å². The molecule has 0 amide bonds. The van der Waals surface area contributed by atoms with Crippen LogP contribution in [0.1, 0.15) is 34.5 Å². The minimum Gasteiger partial charge on any atom is -0.372 e. The van der Waals surface area contributed by atoms with Crippen molar-refractivity contribution in [2.75, 3.05) is 6.61 Å². The Morgan fingerprint density at radius 1 is 1.19 bits per heavy atom. The molecule has 0 aliphatic carbocycles. The molecule has 0 fully saturated rings. The van der Waals surface area contributed by atoms with E-state index in [1.54, 1.807) is 12.1 Å². The Labute approximate surface area is 123 Å². The first-order valence-electron chi connectivity index (χ1n) is 7.16. The SMILES string of the molecule is CC(C(=O)c1ccccc1F)C1OCCc2ccccc21. The maximum absolute atomic E-state index is 13.8. The Hall–Kier alpha value is -2.00. The van der Waals surface area contributed by atoms with Crippen LogP contribution in [0.5, 0.6) is 0 Å². The molecule has 1 aliphatic rings. The second kappa shape index (κ2) is 5.78. The van der Waals surface area contributed by atoms with Crippen LogP contribution in [0.2, 0.25) is 0 Å². The zero-order chi connectivity index (χ0) is 14.8. The van der Waals surface area contributed by atoms with Crippen molar-refractivity contribution in [3.8, 4) is 0 Å². The lowest BCUT2D eigenvalue weighted by Crippen LogP contribution is -2.27. The van der Waals surface area contributed by atoms with E-state index in [-0.39, 0.29) is 17.5 Å². The van der Waals surface area contributed by atoms with E-state index in [0.29, 0.717) is 6.61 Å². The van der Waals surface area contributed by atoms with Crippen LogP contribution in [0.3, 0.4) is 0 Å². The van der Waals surface area contributed by atoms with E-state index in [1.807, 2.05) is 25.1 Å². The molecule has 3 heteroatoms. The van der Waals surface area contributed by atoms with Crippen molar-refractivity contribution >= 4 is 5.78 Å². The number of fused-ring (bicyclic) bond motifs is 1. The zero-order valence-corrected chi connectivity index (χ0v) is 11.9. The summed E-state index contributed by atoms with van der Waals surface area (Å²) in [5.74, 6) is -1.10. The van der Waals surface area contributed by atoms with E-state index in [0.717, 1.165) is 12.0 Å². The number of Topliss-reactive ketones (excluding diaryl/α,β-unsaturated/α-hetero) is 1. The van der Waals surface area contributed by atoms with Crippen molar-refractivity contribution < 1.29 is 13.9 Å². The number of benzene rings is 2. The highest BCUT2D eigenvalue weighted by Gasteiger charge is 2.31. The molecule has 21 heavy (non-hydrogen) atoms. The van der Waals surface area contributed by atoms with E-state index >= 15 is 0 Å². The van der Waals surface area contributed by atoms with Crippen LogP contribution in [0, 0.1) is 11.7 Å². The molecule has 2 atom stereocenters. The monoisotopic (exact) mass is 284 g/mol. The fraction of sp³-hybridized carbons (Fsp3) is 0.278. The summed E-state index contributed by atoms with van der Waals surface area (Å²) in [6.07, 6.45) is 0.551.